The third kappa shape index (κ3) is 2.73. The van der Waals surface area contributed by atoms with E-state index in [1.54, 1.807) is 0 Å². The van der Waals surface area contributed by atoms with E-state index in [2.05, 4.69) is 13.5 Å². The standard InChI is InChI=1S/C16H30OSi/c1-3-16(17)18(2,14-10-6-4-7-11-14)15-12-8-5-9-13-15/h14-15H,3-13H2,1-2H3. The van der Waals surface area contributed by atoms with E-state index in [1.807, 2.05) is 0 Å². The van der Waals surface area contributed by atoms with E-state index in [9.17, 15) is 4.79 Å². The molecule has 18 heavy (non-hydrogen) atoms. The summed E-state index contributed by atoms with van der Waals surface area (Å²) in [4.78, 5) is 12.7. The van der Waals surface area contributed by atoms with Crippen molar-refractivity contribution in [2.75, 3.05) is 0 Å². The Kier molecular flexibility index (Phi) is 5.05. The van der Waals surface area contributed by atoms with Crippen molar-refractivity contribution in [3.63, 3.8) is 0 Å². The van der Waals surface area contributed by atoms with Gasteiger partial charge in [0.05, 0.1) is 0 Å². The molecule has 2 aliphatic rings. The zero-order valence-electron chi connectivity index (χ0n) is 12.3. The highest BCUT2D eigenvalue weighted by Crippen LogP contribution is 2.48. The number of hydrogen-bond acceptors (Lipinski definition) is 1. The maximum atomic E-state index is 12.7. The highest BCUT2D eigenvalue weighted by molar-refractivity contribution is 7.07. The molecule has 0 heterocycles. The highest BCUT2D eigenvalue weighted by atomic mass is 28.3. The lowest BCUT2D eigenvalue weighted by Gasteiger charge is -2.44. The molecule has 0 aromatic heterocycles. The molecule has 0 bridgehead atoms. The Bertz CT molecular complexity index is 257. The van der Waals surface area contributed by atoms with Crippen LogP contribution >= 0.6 is 0 Å². The molecule has 0 amide bonds. The zero-order chi connectivity index (χ0) is 13.0. The maximum absolute atomic E-state index is 12.7. The van der Waals surface area contributed by atoms with Gasteiger partial charge in [0.15, 0.2) is 0 Å². The first kappa shape index (κ1) is 14.3. The minimum Gasteiger partial charge on any atom is -0.305 e. The van der Waals surface area contributed by atoms with E-state index in [0.717, 1.165) is 17.5 Å². The van der Waals surface area contributed by atoms with Crippen molar-refractivity contribution in [2.24, 2.45) is 0 Å². The summed E-state index contributed by atoms with van der Waals surface area (Å²) in [5, 5.41) is 0.696. The predicted molar refractivity (Wildman–Crippen MR) is 80.6 cm³/mol. The van der Waals surface area contributed by atoms with Crippen LogP contribution in [0.4, 0.5) is 0 Å². The monoisotopic (exact) mass is 266 g/mol. The normalized spacial score (nSPS) is 24.1. The Hall–Kier alpha value is -0.113. The van der Waals surface area contributed by atoms with Crippen LogP contribution in [0.2, 0.25) is 17.6 Å². The largest absolute Gasteiger partial charge is 0.305 e. The SMILES string of the molecule is CCC(=O)[Si](C)(C1CCCCC1)C1CCCCC1. The number of rotatable bonds is 4. The van der Waals surface area contributed by atoms with Gasteiger partial charge >= 0.3 is 0 Å². The number of hydrogen-bond donors (Lipinski definition) is 0. The molecule has 104 valence electrons. The van der Waals surface area contributed by atoms with Crippen LogP contribution < -0.4 is 0 Å². The fourth-order valence-electron chi connectivity index (χ4n) is 4.57. The second-order valence-electron chi connectivity index (χ2n) is 6.73. The minimum absolute atomic E-state index is 0.696. The van der Waals surface area contributed by atoms with Gasteiger partial charge < -0.3 is 4.79 Å². The smallest absolute Gasteiger partial charge is 0.136 e. The summed E-state index contributed by atoms with van der Waals surface area (Å²) < 4.78 is 0. The van der Waals surface area contributed by atoms with Crippen molar-refractivity contribution >= 4 is 13.5 Å². The molecule has 2 saturated carbocycles. The van der Waals surface area contributed by atoms with Crippen LogP contribution in [0, 0.1) is 0 Å². The van der Waals surface area contributed by atoms with Crippen LogP contribution in [0.15, 0.2) is 0 Å². The van der Waals surface area contributed by atoms with Crippen molar-refractivity contribution < 1.29 is 4.79 Å². The highest BCUT2D eigenvalue weighted by Gasteiger charge is 2.48. The molecular formula is C16H30OSi. The zero-order valence-corrected chi connectivity index (χ0v) is 13.3. The first-order chi connectivity index (χ1) is 8.69. The van der Waals surface area contributed by atoms with Crippen molar-refractivity contribution in [3.05, 3.63) is 0 Å². The van der Waals surface area contributed by atoms with Crippen LogP contribution in [0.1, 0.15) is 77.6 Å². The van der Waals surface area contributed by atoms with E-state index >= 15 is 0 Å². The quantitative estimate of drug-likeness (QED) is 0.635. The Morgan fingerprint density at radius 1 is 0.889 bits per heavy atom. The summed E-state index contributed by atoms with van der Waals surface area (Å²) in [6.07, 6.45) is 14.6. The summed E-state index contributed by atoms with van der Waals surface area (Å²) in [7, 11) is -1.69. The van der Waals surface area contributed by atoms with Crippen LogP contribution in [0.25, 0.3) is 0 Å². The van der Waals surface area contributed by atoms with E-state index in [4.69, 9.17) is 0 Å². The third-order valence-corrected chi connectivity index (χ3v) is 11.9. The molecule has 1 nitrogen and oxygen atoms in total. The Morgan fingerprint density at radius 2 is 1.28 bits per heavy atom. The fourth-order valence-corrected chi connectivity index (χ4v) is 10.1. The lowest BCUT2D eigenvalue weighted by molar-refractivity contribution is -0.112. The van der Waals surface area contributed by atoms with E-state index in [0.29, 0.717) is 5.41 Å². The molecular weight excluding hydrogens is 236 g/mol. The summed E-state index contributed by atoms with van der Waals surface area (Å²) in [5.41, 5.74) is 1.64. The average Bonchev–Trinajstić information content (AvgIpc) is 2.47. The van der Waals surface area contributed by atoms with Gasteiger partial charge in [-0.2, -0.15) is 0 Å². The van der Waals surface area contributed by atoms with Crippen molar-refractivity contribution in [1.29, 1.82) is 0 Å². The van der Waals surface area contributed by atoms with Gasteiger partial charge in [0.25, 0.3) is 0 Å². The molecule has 0 radical (unpaired) electrons. The molecule has 0 spiro atoms. The molecule has 2 rings (SSSR count). The molecule has 0 saturated heterocycles. The van der Waals surface area contributed by atoms with E-state index < -0.39 is 8.07 Å². The molecule has 0 aromatic rings. The van der Waals surface area contributed by atoms with Crippen LogP contribution in [0.5, 0.6) is 0 Å². The average molecular weight is 267 g/mol. The van der Waals surface area contributed by atoms with Crippen LogP contribution in [-0.2, 0) is 4.79 Å². The fraction of sp³-hybridized carbons (Fsp3) is 0.938. The van der Waals surface area contributed by atoms with Crippen molar-refractivity contribution in [2.45, 2.75) is 95.2 Å². The van der Waals surface area contributed by atoms with E-state index in [1.165, 1.54) is 64.2 Å². The van der Waals surface area contributed by atoms with Crippen molar-refractivity contribution in [3.8, 4) is 0 Å². The summed E-state index contributed by atoms with van der Waals surface area (Å²) >= 11 is 0. The third-order valence-electron chi connectivity index (χ3n) is 5.83. The van der Waals surface area contributed by atoms with Crippen LogP contribution in [0.3, 0.4) is 0 Å². The summed E-state index contributed by atoms with van der Waals surface area (Å²) in [5.74, 6) is 0. The van der Waals surface area contributed by atoms with Gasteiger partial charge in [-0.25, -0.2) is 0 Å². The second-order valence-corrected chi connectivity index (χ2v) is 11.5. The molecule has 0 unspecified atom stereocenters. The van der Waals surface area contributed by atoms with Gasteiger partial charge in [-0.15, -0.1) is 0 Å². The van der Waals surface area contributed by atoms with Gasteiger partial charge in [-0.05, 0) is 17.5 Å². The second kappa shape index (κ2) is 6.36. The molecule has 2 aliphatic carbocycles. The Labute approximate surface area is 114 Å². The molecule has 2 heteroatoms. The topological polar surface area (TPSA) is 17.1 Å². The minimum atomic E-state index is -1.69. The molecule has 2 fully saturated rings. The Morgan fingerprint density at radius 3 is 1.61 bits per heavy atom. The molecule has 0 aliphatic heterocycles. The maximum Gasteiger partial charge on any atom is 0.136 e. The van der Waals surface area contributed by atoms with Gasteiger partial charge in [0, 0.05) is 0 Å². The van der Waals surface area contributed by atoms with Gasteiger partial charge in [0.1, 0.15) is 13.5 Å². The van der Waals surface area contributed by atoms with Gasteiger partial charge in [0.2, 0.25) is 0 Å². The number of carbonyl (C=O) groups is 1. The lowest BCUT2D eigenvalue weighted by Crippen LogP contribution is -2.51. The predicted octanol–water partition coefficient (Wildman–Crippen LogP) is 5.25. The van der Waals surface area contributed by atoms with Crippen LogP contribution in [-0.4, -0.2) is 13.5 Å². The summed E-state index contributed by atoms with van der Waals surface area (Å²) in [6.45, 7) is 4.56. The first-order valence-corrected chi connectivity index (χ1v) is 10.9. The first-order valence-electron chi connectivity index (χ1n) is 8.23. The van der Waals surface area contributed by atoms with Gasteiger partial charge in [-0.3, -0.25) is 0 Å². The summed E-state index contributed by atoms with van der Waals surface area (Å²) in [6, 6.07) is 0. The Balaban J connectivity index is 2.17. The molecule has 0 atom stereocenters. The molecule has 0 N–H and O–H groups in total. The lowest BCUT2D eigenvalue weighted by atomic mass is 9.99. The van der Waals surface area contributed by atoms with E-state index in [-0.39, 0.29) is 0 Å². The van der Waals surface area contributed by atoms with Gasteiger partial charge in [-0.1, -0.05) is 77.7 Å². The number of carbonyl (C=O) groups excluding carboxylic acids is 1. The molecule has 0 aromatic carbocycles. The van der Waals surface area contributed by atoms with Crippen molar-refractivity contribution in [1.82, 2.24) is 0 Å².